The van der Waals surface area contributed by atoms with Gasteiger partial charge in [-0.1, -0.05) is 30.3 Å². The summed E-state index contributed by atoms with van der Waals surface area (Å²) in [7, 11) is -3.01. The van der Waals surface area contributed by atoms with Crippen molar-refractivity contribution in [2.75, 3.05) is 24.6 Å². The van der Waals surface area contributed by atoms with E-state index in [1.54, 1.807) is 0 Å². The molecule has 2 atom stereocenters. The number of aromatic amines is 1. The van der Waals surface area contributed by atoms with Crippen molar-refractivity contribution in [2.45, 2.75) is 32.1 Å². The Hall–Kier alpha value is -1.77. The van der Waals surface area contributed by atoms with Gasteiger partial charge in [-0.15, -0.1) is 0 Å². The third-order valence-corrected chi connectivity index (χ3v) is 6.82. The highest BCUT2D eigenvalue weighted by molar-refractivity contribution is 7.91. The zero-order chi connectivity index (χ0) is 17.4. The highest BCUT2D eigenvalue weighted by atomic mass is 32.2. The molecule has 7 nitrogen and oxygen atoms in total. The van der Waals surface area contributed by atoms with Gasteiger partial charge in [0.2, 0.25) is 0 Å². The molecule has 8 heteroatoms. The van der Waals surface area contributed by atoms with Gasteiger partial charge in [0.15, 0.2) is 15.7 Å². The largest absolute Gasteiger partial charge is 0.292 e. The molecule has 2 aliphatic heterocycles. The van der Waals surface area contributed by atoms with Crippen LogP contribution in [0.1, 0.15) is 17.2 Å². The second-order valence-electron chi connectivity index (χ2n) is 6.98. The number of nitrogens with one attached hydrogen (secondary N) is 1. The fraction of sp³-hybridized carbons (Fsp3) is 0.529. The van der Waals surface area contributed by atoms with Gasteiger partial charge in [0.05, 0.1) is 18.1 Å². The van der Waals surface area contributed by atoms with Crippen molar-refractivity contribution in [2.24, 2.45) is 0 Å². The Morgan fingerprint density at radius 1 is 1.08 bits per heavy atom. The first-order valence-corrected chi connectivity index (χ1v) is 10.4. The number of benzene rings is 1. The molecule has 2 fully saturated rings. The molecule has 0 aliphatic carbocycles. The van der Waals surface area contributed by atoms with Gasteiger partial charge in [0.1, 0.15) is 5.82 Å². The van der Waals surface area contributed by atoms with Crippen molar-refractivity contribution in [3.63, 3.8) is 0 Å². The van der Waals surface area contributed by atoms with Crippen molar-refractivity contribution in [3.05, 3.63) is 47.5 Å². The maximum absolute atomic E-state index is 12.3. The Bertz CT molecular complexity index is 836. The Labute approximate surface area is 148 Å². The third-order valence-electron chi connectivity index (χ3n) is 5.12. The summed E-state index contributed by atoms with van der Waals surface area (Å²) in [6.45, 7) is 4.95. The van der Waals surface area contributed by atoms with E-state index in [1.165, 1.54) is 5.56 Å². The molecule has 1 aromatic heterocycles. The first-order valence-electron chi connectivity index (χ1n) is 8.60. The van der Waals surface area contributed by atoms with E-state index in [0.717, 1.165) is 31.3 Å². The molecule has 0 saturated carbocycles. The minimum atomic E-state index is -3.01. The van der Waals surface area contributed by atoms with Crippen LogP contribution in [0.4, 0.5) is 0 Å². The van der Waals surface area contributed by atoms with Crippen molar-refractivity contribution in [3.8, 4) is 0 Å². The molecule has 1 N–H and O–H groups in total. The lowest BCUT2D eigenvalue weighted by Crippen LogP contribution is -2.58. The number of fused-ring (bicyclic) bond motifs is 1. The maximum atomic E-state index is 12.3. The zero-order valence-electron chi connectivity index (χ0n) is 14.3. The van der Waals surface area contributed by atoms with Crippen LogP contribution in [0.25, 0.3) is 0 Å². The number of hydrogen-bond donors (Lipinski definition) is 1. The second-order valence-corrected chi connectivity index (χ2v) is 9.13. The van der Waals surface area contributed by atoms with Gasteiger partial charge in [-0.3, -0.25) is 14.9 Å². The second kappa shape index (κ2) is 6.51. The monoisotopic (exact) mass is 361 g/mol. The number of piperazine rings is 1. The fourth-order valence-electron chi connectivity index (χ4n) is 3.95. The average molecular weight is 361 g/mol. The van der Waals surface area contributed by atoms with Crippen LogP contribution in [-0.4, -0.2) is 70.1 Å². The molecule has 134 valence electrons. The molecular formula is C17H23N5O2S. The number of H-pyrrole nitrogens is 1. The first-order chi connectivity index (χ1) is 12.0. The van der Waals surface area contributed by atoms with Gasteiger partial charge in [-0.05, 0) is 12.5 Å². The molecule has 3 heterocycles. The zero-order valence-corrected chi connectivity index (χ0v) is 15.1. The van der Waals surface area contributed by atoms with Crippen molar-refractivity contribution in [1.82, 2.24) is 25.0 Å². The van der Waals surface area contributed by atoms with Gasteiger partial charge in [-0.2, -0.15) is 5.10 Å². The molecule has 2 saturated heterocycles. The number of aromatic nitrogens is 3. The predicted molar refractivity (Wildman–Crippen MR) is 94.6 cm³/mol. The van der Waals surface area contributed by atoms with Gasteiger partial charge >= 0.3 is 0 Å². The van der Waals surface area contributed by atoms with Crippen LogP contribution in [0.2, 0.25) is 0 Å². The van der Waals surface area contributed by atoms with Gasteiger partial charge in [0.25, 0.3) is 0 Å². The molecule has 0 bridgehead atoms. The number of nitrogens with zero attached hydrogens (tertiary/aromatic N) is 4. The average Bonchev–Trinajstić information content (AvgIpc) is 3.13. The van der Waals surface area contributed by atoms with Crippen molar-refractivity contribution in [1.29, 1.82) is 0 Å². The van der Waals surface area contributed by atoms with Crippen LogP contribution in [0.15, 0.2) is 30.3 Å². The van der Waals surface area contributed by atoms with Crippen LogP contribution >= 0.6 is 0 Å². The summed E-state index contributed by atoms with van der Waals surface area (Å²) in [5.41, 5.74) is 1.23. The Kier molecular flexibility index (Phi) is 4.35. The summed E-state index contributed by atoms with van der Waals surface area (Å²) in [5.74, 6) is 1.99. The number of sulfone groups is 1. The molecule has 0 spiro atoms. The van der Waals surface area contributed by atoms with E-state index in [-0.39, 0.29) is 23.6 Å². The molecule has 25 heavy (non-hydrogen) atoms. The molecule has 0 amide bonds. The van der Waals surface area contributed by atoms with Crippen molar-refractivity contribution < 1.29 is 8.42 Å². The third kappa shape index (κ3) is 3.61. The first kappa shape index (κ1) is 16.7. The number of rotatable bonds is 4. The summed E-state index contributed by atoms with van der Waals surface area (Å²) in [6, 6.07) is 10.3. The number of aryl methyl sites for hydroxylation is 1. The van der Waals surface area contributed by atoms with Gasteiger partial charge < -0.3 is 0 Å². The molecular weight excluding hydrogens is 338 g/mol. The van der Waals surface area contributed by atoms with E-state index in [0.29, 0.717) is 6.54 Å². The summed E-state index contributed by atoms with van der Waals surface area (Å²) in [4.78, 5) is 8.93. The lowest BCUT2D eigenvalue weighted by molar-refractivity contribution is 0.0340. The lowest BCUT2D eigenvalue weighted by Gasteiger charge is -2.43. The van der Waals surface area contributed by atoms with Crippen LogP contribution in [0.5, 0.6) is 0 Å². The minimum absolute atomic E-state index is 0.0151. The highest BCUT2D eigenvalue weighted by Crippen LogP contribution is 2.29. The van der Waals surface area contributed by atoms with E-state index in [1.807, 2.05) is 25.1 Å². The highest BCUT2D eigenvalue weighted by Gasteiger charge is 2.46. The molecule has 2 aromatic rings. The maximum Gasteiger partial charge on any atom is 0.164 e. The van der Waals surface area contributed by atoms with Crippen molar-refractivity contribution >= 4 is 9.84 Å². The van der Waals surface area contributed by atoms with E-state index >= 15 is 0 Å². The predicted octanol–water partition coefficient (Wildman–Crippen LogP) is 0.597. The van der Waals surface area contributed by atoms with E-state index < -0.39 is 9.84 Å². The summed E-state index contributed by atoms with van der Waals surface area (Å²) in [6.07, 6.45) is 0. The van der Waals surface area contributed by atoms with E-state index in [9.17, 15) is 8.42 Å². The van der Waals surface area contributed by atoms with Crippen LogP contribution in [-0.2, 0) is 22.9 Å². The molecule has 0 unspecified atom stereocenters. The van der Waals surface area contributed by atoms with E-state index in [4.69, 9.17) is 0 Å². The summed E-state index contributed by atoms with van der Waals surface area (Å²) in [5, 5.41) is 7.07. The van der Waals surface area contributed by atoms with Crippen LogP contribution in [0.3, 0.4) is 0 Å². The Balaban J connectivity index is 1.53. The SMILES string of the molecule is Cc1nc(CN2CCN(Cc3ccccc3)[C@@H]3CS(=O)(=O)C[C@@H]32)n[nH]1. The quantitative estimate of drug-likeness (QED) is 0.859. The van der Waals surface area contributed by atoms with Crippen LogP contribution < -0.4 is 0 Å². The summed E-state index contributed by atoms with van der Waals surface area (Å²) >= 11 is 0. The fourth-order valence-corrected chi connectivity index (χ4v) is 5.99. The molecule has 0 radical (unpaired) electrons. The van der Waals surface area contributed by atoms with E-state index in [2.05, 4.69) is 37.1 Å². The molecule has 1 aromatic carbocycles. The smallest absolute Gasteiger partial charge is 0.164 e. The normalized spacial score (nSPS) is 26.6. The topological polar surface area (TPSA) is 82.2 Å². The molecule has 4 rings (SSSR count). The molecule has 2 aliphatic rings. The Morgan fingerprint density at radius 2 is 1.72 bits per heavy atom. The summed E-state index contributed by atoms with van der Waals surface area (Å²) < 4.78 is 24.6. The lowest BCUT2D eigenvalue weighted by atomic mass is 10.0. The number of hydrogen-bond acceptors (Lipinski definition) is 6. The van der Waals surface area contributed by atoms with Gasteiger partial charge in [-0.25, -0.2) is 13.4 Å². The van der Waals surface area contributed by atoms with Crippen LogP contribution in [0, 0.1) is 6.92 Å². The Morgan fingerprint density at radius 3 is 2.32 bits per heavy atom. The minimum Gasteiger partial charge on any atom is -0.292 e. The standard InChI is InChI=1S/C17H23N5O2S/c1-13-18-17(20-19-13)10-22-8-7-21(9-14-5-3-2-4-6-14)15-11-25(23,24)12-16(15)22/h2-6,15-16H,7-12H2,1H3,(H,18,19,20)/t15-,16+/m1/s1. The van der Waals surface area contributed by atoms with Gasteiger partial charge in [0, 0.05) is 31.7 Å².